The van der Waals surface area contributed by atoms with Crippen molar-refractivity contribution in [2.45, 2.75) is 20.8 Å². The van der Waals surface area contributed by atoms with Crippen molar-refractivity contribution < 1.29 is 0 Å². The molecule has 56 valence electrons. The van der Waals surface area contributed by atoms with E-state index >= 15 is 0 Å². The Hall–Kier alpha value is -0.370. The highest BCUT2D eigenvalue weighted by molar-refractivity contribution is 9.10. The molecule has 0 aliphatic heterocycles. The molecule has 0 aromatic carbocycles. The van der Waals surface area contributed by atoms with Crippen molar-refractivity contribution in [2.75, 3.05) is 0 Å². The van der Waals surface area contributed by atoms with E-state index in [9.17, 15) is 0 Å². The van der Waals surface area contributed by atoms with E-state index < -0.39 is 0 Å². The van der Waals surface area contributed by atoms with Crippen LogP contribution < -0.4 is 0 Å². The standard InChI is InChI=1S/C6H6BrN.C2H6/c1-5-2-3-8-4-6(5)7;1-2/h2-4H,1H3;1-2H3. The van der Waals surface area contributed by atoms with Gasteiger partial charge in [-0.3, -0.25) is 4.98 Å². The van der Waals surface area contributed by atoms with Gasteiger partial charge in [-0.15, -0.1) is 0 Å². The Morgan fingerprint density at radius 1 is 1.40 bits per heavy atom. The van der Waals surface area contributed by atoms with Crippen molar-refractivity contribution in [3.8, 4) is 0 Å². The van der Waals surface area contributed by atoms with E-state index in [0.29, 0.717) is 0 Å². The molecule has 0 unspecified atom stereocenters. The number of aryl methyl sites for hydroxylation is 1. The summed E-state index contributed by atoms with van der Waals surface area (Å²) in [6.07, 6.45) is 3.56. The predicted octanol–water partition coefficient (Wildman–Crippen LogP) is 3.18. The summed E-state index contributed by atoms with van der Waals surface area (Å²) in [7, 11) is 0. The molecule has 1 nitrogen and oxygen atoms in total. The second-order valence-corrected chi connectivity index (χ2v) is 2.48. The van der Waals surface area contributed by atoms with Gasteiger partial charge < -0.3 is 0 Å². The van der Waals surface area contributed by atoms with E-state index in [-0.39, 0.29) is 0 Å². The molecule has 0 aliphatic rings. The first-order valence-corrected chi connectivity index (χ1v) is 4.16. The van der Waals surface area contributed by atoms with Crippen molar-refractivity contribution in [1.29, 1.82) is 0 Å². The van der Waals surface area contributed by atoms with Crippen LogP contribution in [0.4, 0.5) is 0 Å². The Labute approximate surface area is 70.6 Å². The first-order valence-electron chi connectivity index (χ1n) is 3.37. The maximum absolute atomic E-state index is 3.90. The van der Waals surface area contributed by atoms with Crippen LogP contribution in [0.2, 0.25) is 0 Å². The molecule has 0 aliphatic carbocycles. The summed E-state index contributed by atoms with van der Waals surface area (Å²) in [5.74, 6) is 0. The number of aromatic nitrogens is 1. The lowest BCUT2D eigenvalue weighted by molar-refractivity contribution is 1.26. The Morgan fingerprint density at radius 2 is 2.00 bits per heavy atom. The van der Waals surface area contributed by atoms with Gasteiger partial charge in [0.25, 0.3) is 0 Å². The fraction of sp³-hybridized carbons (Fsp3) is 0.375. The van der Waals surface area contributed by atoms with E-state index in [1.54, 1.807) is 12.4 Å². The van der Waals surface area contributed by atoms with Crippen molar-refractivity contribution in [2.24, 2.45) is 0 Å². The molecule has 1 heterocycles. The Bertz CT molecular complexity index is 165. The summed E-state index contributed by atoms with van der Waals surface area (Å²) in [4.78, 5) is 3.90. The van der Waals surface area contributed by atoms with Crippen LogP contribution in [0.5, 0.6) is 0 Å². The summed E-state index contributed by atoms with van der Waals surface area (Å²) >= 11 is 3.33. The van der Waals surface area contributed by atoms with E-state index in [4.69, 9.17) is 0 Å². The van der Waals surface area contributed by atoms with Gasteiger partial charge >= 0.3 is 0 Å². The normalized spacial score (nSPS) is 8.00. The van der Waals surface area contributed by atoms with Gasteiger partial charge in [-0.2, -0.15) is 0 Å². The quantitative estimate of drug-likeness (QED) is 0.629. The number of hydrogen-bond acceptors (Lipinski definition) is 1. The first-order chi connectivity index (χ1) is 4.80. The maximum atomic E-state index is 3.90. The Morgan fingerprint density at radius 3 is 2.30 bits per heavy atom. The predicted molar refractivity (Wildman–Crippen MR) is 48.0 cm³/mol. The second kappa shape index (κ2) is 5.42. The van der Waals surface area contributed by atoms with Gasteiger partial charge in [-0.1, -0.05) is 13.8 Å². The first kappa shape index (κ1) is 9.63. The van der Waals surface area contributed by atoms with Gasteiger partial charge in [-0.25, -0.2) is 0 Å². The van der Waals surface area contributed by atoms with Gasteiger partial charge in [0.1, 0.15) is 0 Å². The topological polar surface area (TPSA) is 12.9 Å². The van der Waals surface area contributed by atoms with E-state index in [2.05, 4.69) is 20.9 Å². The monoisotopic (exact) mass is 201 g/mol. The SMILES string of the molecule is CC.Cc1ccncc1Br. The fourth-order valence-electron chi connectivity index (χ4n) is 0.445. The molecule has 1 rings (SSSR count). The minimum atomic E-state index is 1.07. The van der Waals surface area contributed by atoms with E-state index in [1.807, 2.05) is 26.8 Å². The summed E-state index contributed by atoms with van der Waals surface area (Å²) in [5.41, 5.74) is 1.22. The van der Waals surface area contributed by atoms with Crippen LogP contribution in [-0.4, -0.2) is 4.98 Å². The van der Waals surface area contributed by atoms with Gasteiger partial charge in [0.05, 0.1) is 0 Å². The van der Waals surface area contributed by atoms with Gasteiger partial charge in [0.2, 0.25) is 0 Å². The van der Waals surface area contributed by atoms with E-state index in [1.165, 1.54) is 5.56 Å². The summed E-state index contributed by atoms with van der Waals surface area (Å²) in [5, 5.41) is 0. The minimum Gasteiger partial charge on any atom is -0.264 e. The zero-order chi connectivity index (χ0) is 7.98. The van der Waals surface area contributed by atoms with Crippen molar-refractivity contribution in [1.82, 2.24) is 4.98 Å². The van der Waals surface area contributed by atoms with Crippen LogP contribution in [0.25, 0.3) is 0 Å². The molecule has 0 radical (unpaired) electrons. The van der Waals surface area contributed by atoms with Crippen LogP contribution in [-0.2, 0) is 0 Å². The molecular formula is C8H12BrN. The minimum absolute atomic E-state index is 1.07. The summed E-state index contributed by atoms with van der Waals surface area (Å²) in [6, 6.07) is 1.96. The van der Waals surface area contributed by atoms with Crippen LogP contribution in [0, 0.1) is 6.92 Å². The second-order valence-electron chi connectivity index (χ2n) is 1.62. The average Bonchev–Trinajstić information content (AvgIpc) is 2.00. The van der Waals surface area contributed by atoms with Crippen LogP contribution in [0.1, 0.15) is 19.4 Å². The van der Waals surface area contributed by atoms with E-state index in [0.717, 1.165) is 4.47 Å². The van der Waals surface area contributed by atoms with Crippen molar-refractivity contribution >= 4 is 15.9 Å². The van der Waals surface area contributed by atoms with Crippen molar-refractivity contribution in [3.63, 3.8) is 0 Å². The fourth-order valence-corrected chi connectivity index (χ4v) is 0.695. The molecular weight excluding hydrogens is 190 g/mol. The molecule has 0 saturated heterocycles. The van der Waals surface area contributed by atoms with Crippen LogP contribution in [0.3, 0.4) is 0 Å². The third kappa shape index (κ3) is 2.97. The Balaban J connectivity index is 0.000000371. The zero-order valence-corrected chi connectivity index (χ0v) is 8.14. The molecule has 1 aromatic rings. The molecule has 1 aromatic heterocycles. The number of halogens is 1. The molecule has 0 saturated carbocycles. The largest absolute Gasteiger partial charge is 0.264 e. The number of rotatable bonds is 0. The smallest absolute Gasteiger partial charge is 0.0412 e. The molecule has 2 heteroatoms. The lowest BCUT2D eigenvalue weighted by atomic mass is 10.3. The molecule has 0 fully saturated rings. The highest BCUT2D eigenvalue weighted by Gasteiger charge is 1.87. The van der Waals surface area contributed by atoms with Gasteiger partial charge in [0.15, 0.2) is 0 Å². The lowest BCUT2D eigenvalue weighted by Crippen LogP contribution is -1.74. The van der Waals surface area contributed by atoms with Crippen LogP contribution in [0.15, 0.2) is 22.9 Å². The zero-order valence-electron chi connectivity index (χ0n) is 6.56. The summed E-state index contributed by atoms with van der Waals surface area (Å²) in [6.45, 7) is 6.03. The number of nitrogens with zero attached hydrogens (tertiary/aromatic N) is 1. The van der Waals surface area contributed by atoms with Crippen molar-refractivity contribution in [3.05, 3.63) is 28.5 Å². The molecule has 0 amide bonds. The third-order valence-corrected chi connectivity index (χ3v) is 1.81. The average molecular weight is 202 g/mol. The third-order valence-electron chi connectivity index (χ3n) is 0.975. The van der Waals surface area contributed by atoms with Gasteiger partial charge in [-0.05, 0) is 34.5 Å². The lowest BCUT2D eigenvalue weighted by Gasteiger charge is -1.90. The van der Waals surface area contributed by atoms with Gasteiger partial charge in [0, 0.05) is 16.9 Å². The molecule has 0 spiro atoms. The molecule has 0 N–H and O–H groups in total. The molecule has 0 atom stereocenters. The number of pyridine rings is 1. The highest BCUT2D eigenvalue weighted by Crippen LogP contribution is 2.11. The summed E-state index contributed by atoms with van der Waals surface area (Å²) < 4.78 is 1.07. The highest BCUT2D eigenvalue weighted by atomic mass is 79.9. The molecule has 10 heavy (non-hydrogen) atoms. The van der Waals surface area contributed by atoms with Crippen LogP contribution >= 0.6 is 15.9 Å². The maximum Gasteiger partial charge on any atom is 0.0412 e. The molecule has 0 bridgehead atoms. The number of hydrogen-bond donors (Lipinski definition) is 0. The Kier molecular flexibility index (Phi) is 5.22.